The molecule has 0 fully saturated rings. The van der Waals surface area contributed by atoms with E-state index in [0.29, 0.717) is 0 Å². The van der Waals surface area contributed by atoms with Gasteiger partial charge in [-0.3, -0.25) is 15.1 Å². The third-order valence-corrected chi connectivity index (χ3v) is 6.70. The molecule has 0 aliphatic heterocycles. The van der Waals surface area contributed by atoms with E-state index in [9.17, 15) is 0 Å². The van der Waals surface area contributed by atoms with Crippen molar-refractivity contribution < 1.29 is 0 Å². The van der Waals surface area contributed by atoms with Crippen LogP contribution >= 0.6 is 11.3 Å². The number of thiophene rings is 1. The molecule has 0 saturated heterocycles. The summed E-state index contributed by atoms with van der Waals surface area (Å²) >= 11 is 1.70. The maximum absolute atomic E-state index is 4.65. The lowest BCUT2D eigenvalue weighted by molar-refractivity contribution is 0.724. The van der Waals surface area contributed by atoms with Crippen LogP contribution in [0, 0.1) is 0 Å². The Labute approximate surface area is 194 Å². The second kappa shape index (κ2) is 8.27. The molecule has 0 radical (unpaired) electrons. The van der Waals surface area contributed by atoms with Crippen LogP contribution in [0.4, 0.5) is 0 Å². The van der Waals surface area contributed by atoms with Crippen molar-refractivity contribution in [1.82, 2.24) is 30.5 Å². The Balaban J connectivity index is 1.44. The van der Waals surface area contributed by atoms with Crippen LogP contribution in [0.5, 0.6) is 0 Å². The van der Waals surface area contributed by atoms with Gasteiger partial charge in [0.15, 0.2) is 0 Å². The van der Waals surface area contributed by atoms with Crippen LogP contribution in [-0.4, -0.2) is 31.7 Å². The largest absolute Gasteiger partial charge is 0.353 e. The minimum atomic E-state index is 0.812. The van der Waals surface area contributed by atoms with Gasteiger partial charge in [-0.05, 0) is 59.4 Å². The first-order valence-corrected chi connectivity index (χ1v) is 11.8. The second-order valence-electron chi connectivity index (χ2n) is 7.98. The summed E-state index contributed by atoms with van der Waals surface area (Å²) in [7, 11) is 0. The Hall–Kier alpha value is -3.81. The molecule has 1 aromatic carbocycles. The molecule has 0 amide bonds. The smallest absolute Gasteiger partial charge is 0.116 e. The molecule has 0 aliphatic carbocycles. The van der Waals surface area contributed by atoms with Crippen molar-refractivity contribution in [3.8, 4) is 33.1 Å². The lowest BCUT2D eigenvalue weighted by Gasteiger charge is -2.06. The third-order valence-electron chi connectivity index (χ3n) is 5.83. The number of H-pyrrole nitrogens is 2. The lowest BCUT2D eigenvalue weighted by Crippen LogP contribution is -2.11. The number of aromatic nitrogens is 5. The van der Waals surface area contributed by atoms with Gasteiger partial charge in [0.2, 0.25) is 0 Å². The van der Waals surface area contributed by atoms with Gasteiger partial charge in [-0.1, -0.05) is 19.1 Å². The standard InChI is InChI=1S/C26H22N6S/c1-2-27-13-16-10-18(15-28-14-16)17-5-6-22-19(11-17)25(32-31-22)23-12-20-21(30-23)7-8-29-26(20)24-4-3-9-33-24/h3-12,14-15,27,30H,2,13H2,1H3,(H,31,32). The molecule has 33 heavy (non-hydrogen) atoms. The van der Waals surface area contributed by atoms with Gasteiger partial charge in [-0.2, -0.15) is 5.10 Å². The average molecular weight is 451 g/mol. The van der Waals surface area contributed by atoms with Gasteiger partial charge >= 0.3 is 0 Å². The number of hydrogen-bond acceptors (Lipinski definition) is 5. The van der Waals surface area contributed by atoms with Gasteiger partial charge in [0.25, 0.3) is 0 Å². The van der Waals surface area contributed by atoms with E-state index in [1.165, 1.54) is 5.56 Å². The van der Waals surface area contributed by atoms with E-state index >= 15 is 0 Å². The summed E-state index contributed by atoms with van der Waals surface area (Å²) in [6, 6.07) is 16.9. The van der Waals surface area contributed by atoms with Crippen molar-refractivity contribution in [3.05, 3.63) is 78.1 Å². The number of rotatable bonds is 6. The number of nitrogens with zero attached hydrogens (tertiary/aromatic N) is 3. The molecule has 6 aromatic rings. The number of benzene rings is 1. The van der Waals surface area contributed by atoms with Crippen molar-refractivity contribution in [1.29, 1.82) is 0 Å². The van der Waals surface area contributed by atoms with Crippen molar-refractivity contribution in [2.45, 2.75) is 13.5 Å². The fourth-order valence-electron chi connectivity index (χ4n) is 4.20. The molecule has 0 atom stereocenters. The topological polar surface area (TPSA) is 82.3 Å². The molecule has 3 N–H and O–H groups in total. The van der Waals surface area contributed by atoms with E-state index in [1.54, 1.807) is 11.3 Å². The molecule has 162 valence electrons. The van der Waals surface area contributed by atoms with Crippen molar-refractivity contribution in [2.24, 2.45) is 0 Å². The predicted molar refractivity (Wildman–Crippen MR) is 135 cm³/mol. The van der Waals surface area contributed by atoms with E-state index in [1.807, 2.05) is 24.7 Å². The van der Waals surface area contributed by atoms with E-state index < -0.39 is 0 Å². The minimum Gasteiger partial charge on any atom is -0.353 e. The van der Waals surface area contributed by atoms with Gasteiger partial charge in [-0.25, -0.2) is 0 Å². The summed E-state index contributed by atoms with van der Waals surface area (Å²) in [6.45, 7) is 3.85. The van der Waals surface area contributed by atoms with Crippen LogP contribution in [0.25, 0.3) is 54.9 Å². The maximum atomic E-state index is 4.65. The first-order valence-electron chi connectivity index (χ1n) is 11.0. The Morgan fingerprint density at radius 3 is 2.76 bits per heavy atom. The monoisotopic (exact) mass is 450 g/mol. The van der Waals surface area contributed by atoms with Crippen molar-refractivity contribution in [2.75, 3.05) is 6.54 Å². The van der Waals surface area contributed by atoms with E-state index in [4.69, 9.17) is 0 Å². The molecule has 0 saturated carbocycles. The zero-order chi connectivity index (χ0) is 22.2. The number of fused-ring (bicyclic) bond motifs is 2. The summed E-state index contributed by atoms with van der Waals surface area (Å²) < 4.78 is 0. The van der Waals surface area contributed by atoms with Gasteiger partial charge in [0.1, 0.15) is 5.69 Å². The van der Waals surface area contributed by atoms with E-state index in [-0.39, 0.29) is 0 Å². The zero-order valence-corrected chi connectivity index (χ0v) is 18.9. The molecule has 0 aliphatic rings. The number of pyridine rings is 2. The molecule has 0 bridgehead atoms. The third kappa shape index (κ3) is 3.61. The Kier molecular flexibility index (Phi) is 4.97. The number of hydrogen-bond donors (Lipinski definition) is 3. The SMILES string of the molecule is CCNCc1cncc(-c2ccc3[nH]nc(-c4cc5c(-c6cccs6)nccc5[nH]4)c3c2)c1. The number of nitrogens with one attached hydrogen (secondary N) is 3. The zero-order valence-electron chi connectivity index (χ0n) is 18.1. The summed E-state index contributed by atoms with van der Waals surface area (Å²) in [5, 5.41) is 15.4. The molecule has 6 rings (SSSR count). The average Bonchev–Trinajstić information content (AvgIpc) is 3.61. The normalized spacial score (nSPS) is 11.5. The highest BCUT2D eigenvalue weighted by atomic mass is 32.1. The summed E-state index contributed by atoms with van der Waals surface area (Å²) in [5.74, 6) is 0. The summed E-state index contributed by atoms with van der Waals surface area (Å²) in [6.07, 6.45) is 5.68. The second-order valence-corrected chi connectivity index (χ2v) is 8.92. The van der Waals surface area contributed by atoms with Gasteiger partial charge in [-0.15, -0.1) is 11.3 Å². The quantitative estimate of drug-likeness (QED) is 0.290. The van der Waals surface area contributed by atoms with Crippen LogP contribution in [-0.2, 0) is 6.54 Å². The number of aromatic amines is 2. The minimum absolute atomic E-state index is 0.812. The molecular weight excluding hydrogens is 428 g/mol. The Bertz CT molecular complexity index is 1560. The Morgan fingerprint density at radius 2 is 1.88 bits per heavy atom. The molecule has 5 heterocycles. The van der Waals surface area contributed by atoms with Crippen LogP contribution < -0.4 is 5.32 Å². The van der Waals surface area contributed by atoms with E-state index in [2.05, 4.69) is 85.2 Å². The highest BCUT2D eigenvalue weighted by Crippen LogP contribution is 2.35. The first kappa shape index (κ1) is 19.8. The molecular formula is C26H22N6S. The van der Waals surface area contributed by atoms with Gasteiger partial charge in [0.05, 0.1) is 21.8 Å². The molecule has 0 spiro atoms. The Morgan fingerprint density at radius 1 is 0.939 bits per heavy atom. The predicted octanol–water partition coefficient (Wildman–Crippen LogP) is 6.01. The van der Waals surface area contributed by atoms with Gasteiger partial charge < -0.3 is 10.3 Å². The maximum Gasteiger partial charge on any atom is 0.116 e. The first-order chi connectivity index (χ1) is 16.3. The summed E-state index contributed by atoms with van der Waals surface area (Å²) in [4.78, 5) is 13.8. The van der Waals surface area contributed by atoms with E-state index in [0.717, 1.165) is 68.0 Å². The highest BCUT2D eigenvalue weighted by molar-refractivity contribution is 7.13. The van der Waals surface area contributed by atoms with Crippen LogP contribution in [0.1, 0.15) is 12.5 Å². The molecule has 6 nitrogen and oxygen atoms in total. The molecule has 0 unspecified atom stereocenters. The fourth-order valence-corrected chi connectivity index (χ4v) is 4.94. The molecule has 7 heteroatoms. The van der Waals surface area contributed by atoms with Crippen LogP contribution in [0.2, 0.25) is 0 Å². The van der Waals surface area contributed by atoms with Crippen molar-refractivity contribution in [3.63, 3.8) is 0 Å². The highest BCUT2D eigenvalue weighted by Gasteiger charge is 2.15. The summed E-state index contributed by atoms with van der Waals surface area (Å²) in [5.41, 5.74) is 8.31. The van der Waals surface area contributed by atoms with Crippen LogP contribution in [0.3, 0.4) is 0 Å². The van der Waals surface area contributed by atoms with Crippen LogP contribution in [0.15, 0.2) is 72.5 Å². The van der Waals surface area contributed by atoms with Gasteiger partial charge in [0, 0.05) is 47.0 Å². The molecule has 5 aromatic heterocycles. The lowest BCUT2D eigenvalue weighted by atomic mass is 10.0. The fraction of sp³-hybridized carbons (Fsp3) is 0.115. The van der Waals surface area contributed by atoms with Crippen molar-refractivity contribution >= 4 is 33.1 Å².